The van der Waals surface area contributed by atoms with Crippen LogP contribution in [0.1, 0.15) is 23.9 Å². The maximum Gasteiger partial charge on any atom is 0.214 e. The SMILES string of the molecule is CCc1n[nH]c(=S)n1NCc1cc(Br)c(OCc2ccc(F)cc2)c(OC)c1. The average molecular weight is 467 g/mol. The van der Waals surface area contributed by atoms with Gasteiger partial charge in [-0.05, 0) is 63.5 Å². The van der Waals surface area contributed by atoms with Crippen LogP contribution < -0.4 is 14.9 Å². The van der Waals surface area contributed by atoms with Crippen molar-refractivity contribution in [2.24, 2.45) is 0 Å². The number of hydrogen-bond donors (Lipinski definition) is 2. The van der Waals surface area contributed by atoms with Gasteiger partial charge in [-0.3, -0.25) is 5.10 Å². The number of aryl methyl sites for hydroxylation is 1. The molecule has 0 aliphatic rings. The molecule has 0 atom stereocenters. The van der Waals surface area contributed by atoms with Gasteiger partial charge in [0.05, 0.1) is 18.1 Å². The molecule has 0 saturated heterocycles. The Kier molecular flexibility index (Phi) is 6.69. The minimum absolute atomic E-state index is 0.275. The van der Waals surface area contributed by atoms with Gasteiger partial charge in [0.15, 0.2) is 17.3 Å². The van der Waals surface area contributed by atoms with Crippen molar-refractivity contribution in [3.63, 3.8) is 0 Å². The van der Waals surface area contributed by atoms with E-state index in [-0.39, 0.29) is 5.82 Å². The van der Waals surface area contributed by atoms with Crippen LogP contribution in [0.3, 0.4) is 0 Å². The lowest BCUT2D eigenvalue weighted by Crippen LogP contribution is -2.17. The Morgan fingerprint density at radius 2 is 2.00 bits per heavy atom. The molecule has 9 heteroatoms. The zero-order valence-corrected chi connectivity index (χ0v) is 17.9. The third-order valence-electron chi connectivity index (χ3n) is 4.08. The summed E-state index contributed by atoms with van der Waals surface area (Å²) in [5, 5.41) is 6.96. The second kappa shape index (κ2) is 9.20. The highest BCUT2D eigenvalue weighted by atomic mass is 79.9. The van der Waals surface area contributed by atoms with E-state index in [1.165, 1.54) is 12.1 Å². The Hall–Kier alpha value is -2.39. The molecule has 28 heavy (non-hydrogen) atoms. The first kappa shape index (κ1) is 20.3. The van der Waals surface area contributed by atoms with Gasteiger partial charge < -0.3 is 14.9 Å². The molecule has 1 heterocycles. The van der Waals surface area contributed by atoms with E-state index in [1.807, 2.05) is 19.1 Å². The summed E-state index contributed by atoms with van der Waals surface area (Å²) in [6.07, 6.45) is 0.753. The molecular formula is C19H20BrFN4O2S. The molecule has 0 amide bonds. The summed E-state index contributed by atoms with van der Waals surface area (Å²) in [7, 11) is 1.59. The lowest BCUT2D eigenvalue weighted by molar-refractivity contribution is 0.282. The van der Waals surface area contributed by atoms with E-state index in [1.54, 1.807) is 23.9 Å². The lowest BCUT2D eigenvalue weighted by Gasteiger charge is -2.15. The van der Waals surface area contributed by atoms with Crippen molar-refractivity contribution >= 4 is 28.1 Å². The molecule has 0 spiro atoms. The maximum atomic E-state index is 13.0. The quantitative estimate of drug-likeness (QED) is 0.469. The smallest absolute Gasteiger partial charge is 0.214 e. The summed E-state index contributed by atoms with van der Waals surface area (Å²) in [6, 6.07) is 10.0. The third-order valence-corrected chi connectivity index (χ3v) is 4.95. The van der Waals surface area contributed by atoms with E-state index >= 15 is 0 Å². The summed E-state index contributed by atoms with van der Waals surface area (Å²) in [6.45, 7) is 2.83. The fraction of sp³-hybridized carbons (Fsp3) is 0.263. The van der Waals surface area contributed by atoms with E-state index in [9.17, 15) is 4.39 Å². The van der Waals surface area contributed by atoms with Crippen molar-refractivity contribution in [2.45, 2.75) is 26.5 Å². The highest BCUT2D eigenvalue weighted by molar-refractivity contribution is 9.10. The standard InChI is InChI=1S/C19H20BrFN4O2S/c1-3-17-23-24-19(28)25(17)22-10-13-8-15(20)18(16(9-13)26-2)27-11-12-4-6-14(21)7-5-12/h4-9,22H,3,10-11H2,1-2H3,(H,24,28). The Bertz CT molecular complexity index is 1000. The lowest BCUT2D eigenvalue weighted by atomic mass is 10.2. The van der Waals surface area contributed by atoms with Crippen LogP contribution in [-0.4, -0.2) is 22.0 Å². The fourth-order valence-corrected chi connectivity index (χ4v) is 3.47. The Balaban J connectivity index is 1.74. The van der Waals surface area contributed by atoms with E-state index in [4.69, 9.17) is 21.7 Å². The largest absolute Gasteiger partial charge is 0.493 e. The predicted octanol–water partition coefficient (Wildman–Crippen LogP) is 4.74. The van der Waals surface area contributed by atoms with Crippen molar-refractivity contribution in [1.29, 1.82) is 0 Å². The van der Waals surface area contributed by atoms with E-state index in [2.05, 4.69) is 31.6 Å². The second-order valence-electron chi connectivity index (χ2n) is 5.99. The number of benzene rings is 2. The highest BCUT2D eigenvalue weighted by Crippen LogP contribution is 2.37. The predicted molar refractivity (Wildman–Crippen MR) is 111 cm³/mol. The van der Waals surface area contributed by atoms with Crippen LogP contribution in [0, 0.1) is 10.6 Å². The van der Waals surface area contributed by atoms with Gasteiger partial charge in [0.2, 0.25) is 4.77 Å². The number of ether oxygens (including phenoxy) is 2. The Morgan fingerprint density at radius 1 is 1.25 bits per heavy atom. The van der Waals surface area contributed by atoms with Crippen LogP contribution in [0.25, 0.3) is 0 Å². The summed E-state index contributed by atoms with van der Waals surface area (Å²) < 4.78 is 27.5. The van der Waals surface area contributed by atoms with Gasteiger partial charge in [0.25, 0.3) is 0 Å². The van der Waals surface area contributed by atoms with Crippen LogP contribution in [0.15, 0.2) is 40.9 Å². The van der Waals surface area contributed by atoms with Crippen molar-refractivity contribution in [3.8, 4) is 11.5 Å². The molecule has 148 valence electrons. The average Bonchev–Trinajstić information content (AvgIpc) is 3.06. The Morgan fingerprint density at radius 3 is 2.68 bits per heavy atom. The number of hydrogen-bond acceptors (Lipinski definition) is 5. The second-order valence-corrected chi connectivity index (χ2v) is 7.23. The van der Waals surface area contributed by atoms with Gasteiger partial charge in [0.1, 0.15) is 12.4 Å². The number of aromatic nitrogens is 3. The molecular weight excluding hydrogens is 447 g/mol. The molecule has 6 nitrogen and oxygen atoms in total. The van der Waals surface area contributed by atoms with Gasteiger partial charge in [-0.1, -0.05) is 19.1 Å². The summed E-state index contributed by atoms with van der Waals surface area (Å²) in [5.74, 6) is 1.74. The number of aromatic amines is 1. The number of methoxy groups -OCH3 is 1. The maximum absolute atomic E-state index is 13.0. The van der Waals surface area contributed by atoms with Crippen LogP contribution in [0.2, 0.25) is 0 Å². The first-order valence-electron chi connectivity index (χ1n) is 8.65. The van der Waals surface area contributed by atoms with Crippen molar-refractivity contribution in [1.82, 2.24) is 14.9 Å². The van der Waals surface area contributed by atoms with Crippen LogP contribution in [0.5, 0.6) is 11.5 Å². The van der Waals surface area contributed by atoms with Gasteiger partial charge in [-0.15, -0.1) is 0 Å². The van der Waals surface area contributed by atoms with Crippen molar-refractivity contribution in [2.75, 3.05) is 12.5 Å². The highest BCUT2D eigenvalue weighted by Gasteiger charge is 2.13. The molecule has 0 fully saturated rings. The first-order valence-corrected chi connectivity index (χ1v) is 9.85. The molecule has 3 rings (SSSR count). The molecule has 0 radical (unpaired) electrons. The van der Waals surface area contributed by atoms with Crippen molar-refractivity contribution < 1.29 is 13.9 Å². The van der Waals surface area contributed by atoms with Crippen molar-refractivity contribution in [3.05, 3.63) is 68.4 Å². The number of H-pyrrole nitrogens is 1. The summed E-state index contributed by atoms with van der Waals surface area (Å²) in [5.41, 5.74) is 5.09. The van der Waals surface area contributed by atoms with Crippen LogP contribution in [0.4, 0.5) is 4.39 Å². The van der Waals surface area contributed by atoms with Crippen LogP contribution >= 0.6 is 28.1 Å². The summed E-state index contributed by atoms with van der Waals surface area (Å²) >= 11 is 8.79. The van der Waals surface area contributed by atoms with Gasteiger partial charge in [-0.25, -0.2) is 9.07 Å². The fourth-order valence-electron chi connectivity index (χ4n) is 2.65. The zero-order chi connectivity index (χ0) is 20.1. The molecule has 0 bridgehead atoms. The number of nitrogens with zero attached hydrogens (tertiary/aromatic N) is 2. The Labute approximate surface area is 175 Å². The number of rotatable bonds is 8. The number of nitrogens with one attached hydrogen (secondary N) is 2. The van der Waals surface area contributed by atoms with Gasteiger partial charge in [-0.2, -0.15) is 5.10 Å². The van der Waals surface area contributed by atoms with E-state index in [0.29, 0.717) is 29.4 Å². The number of halogens is 2. The molecule has 0 unspecified atom stereocenters. The first-order chi connectivity index (χ1) is 13.5. The zero-order valence-electron chi connectivity index (χ0n) is 15.5. The third kappa shape index (κ3) is 4.71. The molecule has 0 aliphatic carbocycles. The molecule has 1 aromatic heterocycles. The summed E-state index contributed by atoms with van der Waals surface area (Å²) in [4.78, 5) is 0. The minimum Gasteiger partial charge on any atom is -0.493 e. The molecule has 2 N–H and O–H groups in total. The molecule has 0 aliphatic heterocycles. The van der Waals surface area contributed by atoms with E-state index < -0.39 is 0 Å². The van der Waals surface area contributed by atoms with E-state index in [0.717, 1.165) is 27.8 Å². The van der Waals surface area contributed by atoms with Crippen LogP contribution in [-0.2, 0) is 19.6 Å². The molecule has 3 aromatic rings. The van der Waals surface area contributed by atoms with Gasteiger partial charge >= 0.3 is 0 Å². The minimum atomic E-state index is -0.275. The molecule has 2 aromatic carbocycles. The topological polar surface area (TPSA) is 64.1 Å². The molecule has 0 saturated carbocycles. The normalized spacial score (nSPS) is 10.7. The van der Waals surface area contributed by atoms with Gasteiger partial charge in [0, 0.05) is 6.42 Å². The monoisotopic (exact) mass is 466 g/mol.